The number of anilines is 3. The van der Waals surface area contributed by atoms with Crippen molar-refractivity contribution in [3.05, 3.63) is 134 Å². The first-order valence-electron chi connectivity index (χ1n) is 12.8. The molecule has 1 aliphatic rings. The van der Waals surface area contributed by atoms with Crippen molar-refractivity contribution in [3.8, 4) is 22.6 Å². The highest BCUT2D eigenvalue weighted by atomic mass is 16.5. The van der Waals surface area contributed by atoms with Gasteiger partial charge in [0, 0.05) is 22.5 Å². The molecule has 2 heterocycles. The van der Waals surface area contributed by atoms with E-state index in [-0.39, 0.29) is 0 Å². The fourth-order valence-electron chi connectivity index (χ4n) is 5.88. The summed E-state index contributed by atoms with van der Waals surface area (Å²) in [6.07, 6.45) is 1.90. The maximum Gasteiger partial charge on any atom is 0.151 e. The molecule has 0 saturated heterocycles. The molecule has 3 nitrogen and oxygen atoms in total. The molecule has 0 bridgehead atoms. The second-order valence-corrected chi connectivity index (χ2v) is 9.57. The quantitative estimate of drug-likeness (QED) is 0.227. The average molecular weight is 487 g/mol. The lowest BCUT2D eigenvalue weighted by Gasteiger charge is -2.34. The van der Waals surface area contributed by atoms with Crippen LogP contribution in [0.15, 0.2) is 134 Å². The summed E-state index contributed by atoms with van der Waals surface area (Å²) in [5.41, 5.74) is 6.47. The number of benzene rings is 6. The number of aromatic nitrogens is 1. The Labute approximate surface area is 220 Å². The van der Waals surface area contributed by atoms with E-state index in [0.717, 1.165) is 45.0 Å². The van der Waals surface area contributed by atoms with Crippen LogP contribution in [0, 0.1) is 0 Å². The van der Waals surface area contributed by atoms with Gasteiger partial charge in [0.2, 0.25) is 0 Å². The van der Waals surface area contributed by atoms with Crippen LogP contribution in [0.4, 0.5) is 17.1 Å². The third-order valence-electron chi connectivity index (χ3n) is 7.47. The minimum atomic E-state index is 0.838. The predicted molar refractivity (Wildman–Crippen MR) is 157 cm³/mol. The Morgan fingerprint density at radius 2 is 1.11 bits per heavy atom. The molecule has 3 heteroatoms. The summed E-state index contributed by atoms with van der Waals surface area (Å²) in [4.78, 5) is 7.36. The van der Waals surface area contributed by atoms with Crippen molar-refractivity contribution in [2.24, 2.45) is 0 Å². The zero-order chi connectivity index (χ0) is 25.1. The van der Waals surface area contributed by atoms with E-state index in [9.17, 15) is 0 Å². The standard InChI is InChI=1S/C35H22N2O/c1-2-13-24-23(11-1)12-9-16-25(24)33-26-14-3-4-15-27(26)35(28-17-10-22-36-34(28)33)37-29-18-5-7-20-31(29)38-32-21-8-6-19-30(32)37/h1-22H. The lowest BCUT2D eigenvalue weighted by Crippen LogP contribution is -2.16. The highest BCUT2D eigenvalue weighted by Gasteiger charge is 2.29. The minimum Gasteiger partial charge on any atom is -0.453 e. The Kier molecular flexibility index (Phi) is 4.52. The average Bonchev–Trinajstić information content (AvgIpc) is 2.99. The van der Waals surface area contributed by atoms with Crippen LogP contribution in [0.5, 0.6) is 11.5 Å². The summed E-state index contributed by atoms with van der Waals surface area (Å²) < 4.78 is 6.34. The van der Waals surface area contributed by atoms with Gasteiger partial charge in [-0.15, -0.1) is 0 Å². The van der Waals surface area contributed by atoms with E-state index in [2.05, 4.69) is 102 Å². The number of rotatable bonds is 2. The van der Waals surface area contributed by atoms with Crippen molar-refractivity contribution in [1.82, 2.24) is 4.98 Å². The number of nitrogens with zero attached hydrogens (tertiary/aromatic N) is 2. The van der Waals surface area contributed by atoms with Crippen LogP contribution in [0.1, 0.15) is 0 Å². The lowest BCUT2D eigenvalue weighted by molar-refractivity contribution is 0.477. The molecule has 8 rings (SSSR count). The van der Waals surface area contributed by atoms with Gasteiger partial charge < -0.3 is 9.64 Å². The molecule has 0 saturated carbocycles. The summed E-state index contributed by atoms with van der Waals surface area (Å²) in [5, 5.41) is 5.88. The van der Waals surface area contributed by atoms with E-state index in [1.54, 1.807) is 0 Å². The van der Waals surface area contributed by atoms with E-state index in [0.29, 0.717) is 0 Å². The first-order valence-corrected chi connectivity index (χ1v) is 12.8. The Bertz CT molecular complexity index is 1920. The molecular weight excluding hydrogens is 464 g/mol. The van der Waals surface area contributed by atoms with Crippen LogP contribution in [0.3, 0.4) is 0 Å². The number of hydrogen-bond acceptors (Lipinski definition) is 3. The summed E-state index contributed by atoms with van der Waals surface area (Å²) >= 11 is 0. The molecule has 0 unspecified atom stereocenters. The topological polar surface area (TPSA) is 25.4 Å². The van der Waals surface area contributed by atoms with Gasteiger partial charge >= 0.3 is 0 Å². The van der Waals surface area contributed by atoms with E-state index in [1.165, 1.54) is 27.1 Å². The lowest BCUT2D eigenvalue weighted by atomic mass is 9.90. The van der Waals surface area contributed by atoms with Gasteiger partial charge in [-0.1, -0.05) is 91.0 Å². The van der Waals surface area contributed by atoms with Gasteiger partial charge in [-0.05, 0) is 58.1 Å². The van der Waals surface area contributed by atoms with Crippen LogP contribution in [-0.4, -0.2) is 4.98 Å². The smallest absolute Gasteiger partial charge is 0.151 e. The van der Waals surface area contributed by atoms with Gasteiger partial charge in [-0.3, -0.25) is 4.98 Å². The normalized spacial score (nSPS) is 12.4. The van der Waals surface area contributed by atoms with Crippen molar-refractivity contribution in [1.29, 1.82) is 0 Å². The molecule has 1 aliphatic heterocycles. The summed E-state index contributed by atoms with van der Waals surface area (Å²) in [5.74, 6) is 1.68. The fraction of sp³-hybridized carbons (Fsp3) is 0. The van der Waals surface area contributed by atoms with Crippen molar-refractivity contribution >= 4 is 49.5 Å². The van der Waals surface area contributed by atoms with Gasteiger partial charge in [0.15, 0.2) is 11.5 Å². The molecule has 0 N–H and O–H groups in total. The SMILES string of the molecule is c1ccc2c(c1)Oc1ccccc1N2c1c2ccccc2c(-c2cccc3ccccc23)c2ncccc12. The Balaban J connectivity index is 1.55. The number of ether oxygens (including phenoxy) is 1. The molecule has 38 heavy (non-hydrogen) atoms. The van der Waals surface area contributed by atoms with Crippen LogP contribution in [0.25, 0.3) is 43.6 Å². The summed E-state index contributed by atoms with van der Waals surface area (Å²) in [6.45, 7) is 0. The zero-order valence-electron chi connectivity index (χ0n) is 20.5. The number of pyridine rings is 1. The van der Waals surface area contributed by atoms with Crippen molar-refractivity contribution in [2.45, 2.75) is 0 Å². The zero-order valence-corrected chi connectivity index (χ0v) is 20.5. The van der Waals surface area contributed by atoms with E-state index in [1.807, 2.05) is 36.5 Å². The first kappa shape index (κ1) is 21.0. The van der Waals surface area contributed by atoms with Crippen LogP contribution in [0.2, 0.25) is 0 Å². The van der Waals surface area contributed by atoms with Gasteiger partial charge in [0.05, 0.1) is 22.6 Å². The third kappa shape index (κ3) is 2.99. The van der Waals surface area contributed by atoms with Crippen LogP contribution < -0.4 is 9.64 Å². The van der Waals surface area contributed by atoms with Gasteiger partial charge in [-0.2, -0.15) is 0 Å². The maximum atomic E-state index is 6.34. The molecule has 0 fully saturated rings. The van der Waals surface area contributed by atoms with E-state index >= 15 is 0 Å². The molecule has 0 aliphatic carbocycles. The highest BCUT2D eigenvalue weighted by molar-refractivity contribution is 6.23. The largest absolute Gasteiger partial charge is 0.453 e. The molecule has 0 radical (unpaired) electrons. The molecule has 0 spiro atoms. The minimum absolute atomic E-state index is 0.838. The summed E-state index contributed by atoms with van der Waals surface area (Å²) in [6, 6.07) is 44.5. The van der Waals surface area contributed by atoms with Crippen molar-refractivity contribution in [2.75, 3.05) is 4.90 Å². The van der Waals surface area contributed by atoms with Gasteiger partial charge in [-0.25, -0.2) is 0 Å². The highest BCUT2D eigenvalue weighted by Crippen LogP contribution is 2.54. The van der Waals surface area contributed by atoms with Gasteiger partial charge in [0.1, 0.15) is 0 Å². The number of fused-ring (bicyclic) bond motifs is 5. The first-order chi connectivity index (χ1) is 18.9. The molecule has 0 amide bonds. The Morgan fingerprint density at radius 1 is 0.500 bits per heavy atom. The predicted octanol–water partition coefficient (Wildman–Crippen LogP) is 9.78. The van der Waals surface area contributed by atoms with E-state index < -0.39 is 0 Å². The summed E-state index contributed by atoms with van der Waals surface area (Å²) in [7, 11) is 0. The third-order valence-corrected chi connectivity index (χ3v) is 7.47. The molecule has 0 atom stereocenters. The Morgan fingerprint density at radius 3 is 1.89 bits per heavy atom. The molecule has 1 aromatic heterocycles. The van der Waals surface area contributed by atoms with Crippen LogP contribution in [-0.2, 0) is 0 Å². The van der Waals surface area contributed by atoms with E-state index in [4.69, 9.17) is 9.72 Å². The molecule has 178 valence electrons. The van der Waals surface area contributed by atoms with Gasteiger partial charge in [0.25, 0.3) is 0 Å². The number of hydrogen-bond donors (Lipinski definition) is 0. The van der Waals surface area contributed by atoms with Crippen LogP contribution >= 0.6 is 0 Å². The monoisotopic (exact) mass is 486 g/mol. The fourth-order valence-corrected chi connectivity index (χ4v) is 5.88. The Hall–Kier alpha value is -5.15. The van der Waals surface area contributed by atoms with Crippen molar-refractivity contribution < 1.29 is 4.74 Å². The second kappa shape index (κ2) is 8.19. The molecule has 6 aromatic carbocycles. The molecule has 7 aromatic rings. The second-order valence-electron chi connectivity index (χ2n) is 9.57. The van der Waals surface area contributed by atoms with Crippen molar-refractivity contribution in [3.63, 3.8) is 0 Å². The molecular formula is C35H22N2O. The number of para-hydroxylation sites is 4. The maximum absolute atomic E-state index is 6.34.